The predicted molar refractivity (Wildman–Crippen MR) is 106 cm³/mol. The summed E-state index contributed by atoms with van der Waals surface area (Å²) in [6.07, 6.45) is 1.47. The number of hydrogen-bond acceptors (Lipinski definition) is 5. The molecule has 1 aromatic heterocycles. The Bertz CT molecular complexity index is 613. The zero-order chi connectivity index (χ0) is 19.3. The van der Waals surface area contributed by atoms with Crippen LogP contribution in [0.15, 0.2) is 5.38 Å². The minimum absolute atomic E-state index is 0.0522. The van der Waals surface area contributed by atoms with Crippen molar-refractivity contribution in [1.29, 1.82) is 0 Å². The summed E-state index contributed by atoms with van der Waals surface area (Å²) < 4.78 is 0. The van der Waals surface area contributed by atoms with Crippen LogP contribution < -0.4 is 5.32 Å². The van der Waals surface area contributed by atoms with Gasteiger partial charge in [-0.25, -0.2) is 4.98 Å². The Morgan fingerprint density at radius 1 is 1.23 bits per heavy atom. The Balaban J connectivity index is 1.77. The van der Waals surface area contributed by atoms with Gasteiger partial charge in [-0.3, -0.25) is 14.5 Å². The first kappa shape index (κ1) is 20.8. The van der Waals surface area contributed by atoms with Crippen molar-refractivity contribution in [3.05, 3.63) is 11.1 Å². The summed E-state index contributed by atoms with van der Waals surface area (Å²) in [7, 11) is 0. The summed E-state index contributed by atoms with van der Waals surface area (Å²) in [5, 5.41) is 5.21. The Hall–Kier alpha value is -1.47. The highest BCUT2D eigenvalue weighted by molar-refractivity contribution is 7.13. The molecule has 26 heavy (non-hydrogen) atoms. The monoisotopic (exact) mass is 380 g/mol. The summed E-state index contributed by atoms with van der Waals surface area (Å²) >= 11 is 1.37. The van der Waals surface area contributed by atoms with Crippen LogP contribution in [0.4, 0.5) is 5.13 Å². The molecular formula is C19H32N4O2S. The molecule has 2 amide bonds. The lowest BCUT2D eigenvalue weighted by molar-refractivity contribution is -0.132. The lowest BCUT2D eigenvalue weighted by Gasteiger charge is -2.36. The fourth-order valence-electron chi connectivity index (χ4n) is 2.68. The lowest BCUT2D eigenvalue weighted by Crippen LogP contribution is -2.49. The zero-order valence-corrected chi connectivity index (χ0v) is 17.5. The molecule has 0 unspecified atom stereocenters. The van der Waals surface area contributed by atoms with Gasteiger partial charge in [0, 0.05) is 37.5 Å². The minimum Gasteiger partial charge on any atom is -0.340 e. The summed E-state index contributed by atoms with van der Waals surface area (Å²) in [6, 6.07) is 0. The molecule has 6 nitrogen and oxygen atoms in total. The van der Waals surface area contributed by atoms with Gasteiger partial charge in [-0.1, -0.05) is 34.6 Å². The molecule has 2 rings (SSSR count). The number of carbonyl (C=O) groups excluding carboxylic acids is 2. The number of amides is 2. The fraction of sp³-hybridized carbons (Fsp3) is 0.737. The van der Waals surface area contributed by atoms with E-state index in [-0.39, 0.29) is 17.7 Å². The minimum atomic E-state index is -0.0847. The van der Waals surface area contributed by atoms with E-state index in [1.54, 1.807) is 0 Å². The Kier molecular flexibility index (Phi) is 7.17. The number of aromatic nitrogens is 1. The highest BCUT2D eigenvalue weighted by atomic mass is 32.1. The number of nitrogens with zero attached hydrogens (tertiary/aromatic N) is 3. The van der Waals surface area contributed by atoms with E-state index in [0.717, 1.165) is 38.4 Å². The summed E-state index contributed by atoms with van der Waals surface area (Å²) in [5.74, 6) is -0.0188. The molecule has 0 bridgehead atoms. The normalized spacial score (nSPS) is 16.2. The highest BCUT2D eigenvalue weighted by Crippen LogP contribution is 2.20. The van der Waals surface area contributed by atoms with E-state index < -0.39 is 0 Å². The maximum Gasteiger partial charge on any atom is 0.228 e. The number of piperazine rings is 1. The number of rotatable bonds is 6. The second-order valence-electron chi connectivity index (χ2n) is 8.50. The van der Waals surface area contributed by atoms with Crippen molar-refractivity contribution in [2.45, 2.75) is 47.5 Å². The van der Waals surface area contributed by atoms with E-state index in [1.165, 1.54) is 17.8 Å². The van der Waals surface area contributed by atoms with E-state index in [0.29, 0.717) is 17.0 Å². The maximum absolute atomic E-state index is 12.5. The van der Waals surface area contributed by atoms with Crippen molar-refractivity contribution in [2.75, 3.05) is 38.0 Å². The molecule has 0 atom stereocenters. The van der Waals surface area contributed by atoms with Crippen molar-refractivity contribution in [3.63, 3.8) is 0 Å². The Morgan fingerprint density at radius 2 is 1.88 bits per heavy atom. The van der Waals surface area contributed by atoms with E-state index in [1.807, 2.05) is 24.1 Å². The lowest BCUT2D eigenvalue weighted by atomic mass is 9.92. The molecule has 0 radical (unpaired) electrons. The van der Waals surface area contributed by atoms with Crippen LogP contribution in [0.2, 0.25) is 0 Å². The maximum atomic E-state index is 12.5. The van der Waals surface area contributed by atoms with Gasteiger partial charge in [0.15, 0.2) is 5.13 Å². The van der Waals surface area contributed by atoms with Crippen molar-refractivity contribution in [2.24, 2.45) is 11.3 Å². The fourth-order valence-corrected chi connectivity index (χ4v) is 3.39. The standard InChI is InChI=1S/C19H32N4O2S/c1-14(2)17(25)21-18-20-15(13-26-18)12-16(24)23-10-8-22(9-11-23)7-6-19(3,4)5/h13-14H,6-12H2,1-5H3,(H,20,21,25). The van der Waals surface area contributed by atoms with Crippen molar-refractivity contribution in [3.8, 4) is 0 Å². The molecule has 1 saturated heterocycles. The molecule has 0 aliphatic carbocycles. The van der Waals surface area contributed by atoms with Gasteiger partial charge >= 0.3 is 0 Å². The van der Waals surface area contributed by atoms with Crippen LogP contribution in [0.1, 0.15) is 46.7 Å². The van der Waals surface area contributed by atoms with Gasteiger partial charge in [0.2, 0.25) is 11.8 Å². The molecule has 1 fully saturated rings. The van der Waals surface area contributed by atoms with Gasteiger partial charge in [0.05, 0.1) is 12.1 Å². The van der Waals surface area contributed by atoms with Crippen LogP contribution in [-0.2, 0) is 16.0 Å². The number of anilines is 1. The smallest absolute Gasteiger partial charge is 0.228 e. The van der Waals surface area contributed by atoms with Gasteiger partial charge in [-0.05, 0) is 18.4 Å². The van der Waals surface area contributed by atoms with E-state index in [2.05, 4.69) is 36.0 Å². The van der Waals surface area contributed by atoms with E-state index in [4.69, 9.17) is 0 Å². The first-order valence-electron chi connectivity index (χ1n) is 9.39. The Morgan fingerprint density at radius 3 is 2.46 bits per heavy atom. The summed E-state index contributed by atoms with van der Waals surface area (Å²) in [4.78, 5) is 33.0. The molecule has 1 aromatic rings. The van der Waals surface area contributed by atoms with Crippen LogP contribution in [0.5, 0.6) is 0 Å². The largest absolute Gasteiger partial charge is 0.340 e. The average molecular weight is 381 g/mol. The van der Waals surface area contributed by atoms with Crippen LogP contribution in [0.3, 0.4) is 0 Å². The zero-order valence-electron chi connectivity index (χ0n) is 16.7. The number of hydrogen-bond donors (Lipinski definition) is 1. The second-order valence-corrected chi connectivity index (χ2v) is 9.36. The molecule has 1 N–H and O–H groups in total. The third-order valence-electron chi connectivity index (χ3n) is 4.54. The molecule has 1 aliphatic rings. The summed E-state index contributed by atoms with van der Waals surface area (Å²) in [5.41, 5.74) is 1.08. The van der Waals surface area contributed by atoms with Crippen LogP contribution in [-0.4, -0.2) is 59.3 Å². The van der Waals surface area contributed by atoms with Crippen LogP contribution in [0.25, 0.3) is 0 Å². The predicted octanol–water partition coefficient (Wildman–Crippen LogP) is 2.86. The second kappa shape index (κ2) is 8.95. The van der Waals surface area contributed by atoms with Gasteiger partial charge in [0.25, 0.3) is 0 Å². The molecule has 0 spiro atoms. The van der Waals surface area contributed by atoms with Gasteiger partial charge in [0.1, 0.15) is 0 Å². The molecule has 0 saturated carbocycles. The first-order valence-corrected chi connectivity index (χ1v) is 10.3. The van der Waals surface area contributed by atoms with Crippen LogP contribution in [0, 0.1) is 11.3 Å². The van der Waals surface area contributed by atoms with Crippen LogP contribution >= 0.6 is 11.3 Å². The van der Waals surface area contributed by atoms with E-state index in [9.17, 15) is 9.59 Å². The summed E-state index contributed by atoms with van der Waals surface area (Å²) in [6.45, 7) is 15.0. The molecule has 146 valence electrons. The van der Waals surface area contributed by atoms with Gasteiger partial charge < -0.3 is 10.2 Å². The topological polar surface area (TPSA) is 65.5 Å². The van der Waals surface area contributed by atoms with Crippen molar-refractivity contribution >= 4 is 28.3 Å². The van der Waals surface area contributed by atoms with Crippen molar-refractivity contribution < 1.29 is 9.59 Å². The number of carbonyl (C=O) groups is 2. The van der Waals surface area contributed by atoms with Gasteiger partial charge in [-0.15, -0.1) is 11.3 Å². The average Bonchev–Trinajstić information content (AvgIpc) is 2.99. The van der Waals surface area contributed by atoms with E-state index >= 15 is 0 Å². The third-order valence-corrected chi connectivity index (χ3v) is 5.35. The highest BCUT2D eigenvalue weighted by Gasteiger charge is 2.23. The number of nitrogens with one attached hydrogen (secondary N) is 1. The quantitative estimate of drug-likeness (QED) is 0.824. The third kappa shape index (κ3) is 6.68. The molecule has 1 aliphatic heterocycles. The SMILES string of the molecule is CC(C)C(=O)Nc1nc(CC(=O)N2CCN(CCC(C)(C)C)CC2)cs1. The first-order chi connectivity index (χ1) is 12.1. The molecule has 7 heteroatoms. The Labute approximate surface area is 161 Å². The van der Waals surface area contributed by atoms with Crippen molar-refractivity contribution in [1.82, 2.24) is 14.8 Å². The molecule has 2 heterocycles. The number of thiazole rings is 1. The molecule has 0 aromatic carbocycles. The molecular weight excluding hydrogens is 348 g/mol. The van der Waals surface area contributed by atoms with Gasteiger partial charge in [-0.2, -0.15) is 0 Å².